The second-order valence-corrected chi connectivity index (χ2v) is 3.76. The van der Waals surface area contributed by atoms with Crippen molar-refractivity contribution in [1.82, 2.24) is 9.55 Å². The van der Waals surface area contributed by atoms with Gasteiger partial charge in [0.25, 0.3) is 0 Å². The highest BCUT2D eigenvalue weighted by atomic mass is 16.6. The van der Waals surface area contributed by atoms with Crippen molar-refractivity contribution in [2.24, 2.45) is 0 Å². The summed E-state index contributed by atoms with van der Waals surface area (Å²) in [6.45, 7) is 1.67. The van der Waals surface area contributed by atoms with Crippen molar-refractivity contribution >= 4 is 11.8 Å². The van der Waals surface area contributed by atoms with Crippen LogP contribution in [0.1, 0.15) is 21.9 Å². The zero-order chi connectivity index (χ0) is 14.0. The second kappa shape index (κ2) is 4.92. The molecule has 0 bridgehead atoms. The van der Waals surface area contributed by atoms with Gasteiger partial charge in [0.15, 0.2) is 18.1 Å². The molecule has 0 amide bonds. The van der Waals surface area contributed by atoms with Crippen LogP contribution in [0, 0.1) is 17.0 Å². The summed E-state index contributed by atoms with van der Waals surface area (Å²) in [5, 5.41) is 10.9. The predicted octanol–water partition coefficient (Wildman–Crippen LogP) is 1.53. The number of rotatable bonds is 4. The zero-order valence-electron chi connectivity index (χ0n) is 10.3. The third kappa shape index (κ3) is 2.32. The predicted molar refractivity (Wildman–Crippen MR) is 62.8 cm³/mol. The van der Waals surface area contributed by atoms with E-state index in [-0.39, 0.29) is 23.7 Å². The van der Waals surface area contributed by atoms with Gasteiger partial charge in [0.05, 0.1) is 13.4 Å². The Morgan fingerprint density at radius 2 is 2.37 bits per heavy atom. The number of carbonyl (C=O) groups excluding carboxylic acids is 1. The van der Waals surface area contributed by atoms with E-state index in [1.807, 2.05) is 0 Å². The Labute approximate surface area is 107 Å². The minimum atomic E-state index is -0.552. The monoisotopic (exact) mass is 265 g/mol. The number of nitro groups is 1. The molecular formula is C11H11N3O5. The summed E-state index contributed by atoms with van der Waals surface area (Å²) in [5.74, 6) is 0.0313. The van der Waals surface area contributed by atoms with Gasteiger partial charge in [0, 0.05) is 6.92 Å². The summed E-state index contributed by atoms with van der Waals surface area (Å²) in [7, 11) is 1.25. The van der Waals surface area contributed by atoms with Crippen LogP contribution in [0.2, 0.25) is 0 Å². The molecule has 0 unspecified atom stereocenters. The number of esters is 1. The Hall–Kier alpha value is -2.64. The van der Waals surface area contributed by atoms with Crippen LogP contribution in [0.5, 0.6) is 0 Å². The Morgan fingerprint density at radius 1 is 1.63 bits per heavy atom. The molecule has 2 rings (SSSR count). The molecule has 2 heterocycles. The molecule has 0 radical (unpaired) electrons. The van der Waals surface area contributed by atoms with Crippen LogP contribution in [-0.4, -0.2) is 27.6 Å². The van der Waals surface area contributed by atoms with Crippen molar-refractivity contribution < 1.29 is 18.9 Å². The van der Waals surface area contributed by atoms with E-state index in [9.17, 15) is 14.9 Å². The lowest BCUT2D eigenvalue weighted by atomic mass is 10.2. The van der Waals surface area contributed by atoms with Gasteiger partial charge in [0.1, 0.15) is 11.8 Å². The quantitative estimate of drug-likeness (QED) is 0.472. The third-order valence-corrected chi connectivity index (χ3v) is 2.67. The Bertz CT molecular complexity index is 628. The van der Waals surface area contributed by atoms with Crippen LogP contribution >= 0.6 is 0 Å². The third-order valence-electron chi connectivity index (χ3n) is 2.67. The summed E-state index contributed by atoms with van der Waals surface area (Å²) in [6.07, 6.45) is 2.50. The van der Waals surface area contributed by atoms with E-state index in [4.69, 9.17) is 4.42 Å². The molecule has 8 nitrogen and oxygen atoms in total. The first-order valence-corrected chi connectivity index (χ1v) is 5.35. The number of aryl methyl sites for hydroxylation is 1. The van der Waals surface area contributed by atoms with Gasteiger partial charge in [-0.2, -0.15) is 0 Å². The average molecular weight is 265 g/mol. The molecule has 0 fully saturated rings. The number of imidazole rings is 1. The molecule has 100 valence electrons. The number of ether oxygens (including phenoxy) is 1. The Balaban J connectivity index is 2.37. The molecule has 0 saturated heterocycles. The van der Waals surface area contributed by atoms with Crippen molar-refractivity contribution in [3.63, 3.8) is 0 Å². The number of hydrogen-bond acceptors (Lipinski definition) is 6. The van der Waals surface area contributed by atoms with E-state index in [1.165, 1.54) is 24.0 Å². The fourth-order valence-electron chi connectivity index (χ4n) is 1.70. The molecular weight excluding hydrogens is 254 g/mol. The highest BCUT2D eigenvalue weighted by molar-refractivity contribution is 5.90. The van der Waals surface area contributed by atoms with E-state index < -0.39 is 10.9 Å². The van der Waals surface area contributed by atoms with Gasteiger partial charge in [-0.05, 0) is 11.0 Å². The number of carbonyl (C=O) groups is 1. The van der Waals surface area contributed by atoms with E-state index in [2.05, 4.69) is 9.72 Å². The average Bonchev–Trinajstić information content (AvgIpc) is 2.97. The van der Waals surface area contributed by atoms with Crippen molar-refractivity contribution in [3.05, 3.63) is 45.8 Å². The van der Waals surface area contributed by atoms with Gasteiger partial charge in [-0.15, -0.1) is 0 Å². The Morgan fingerprint density at radius 3 is 3.00 bits per heavy atom. The largest absolute Gasteiger partial charge is 0.465 e. The van der Waals surface area contributed by atoms with Crippen LogP contribution in [0.4, 0.5) is 5.82 Å². The number of hydrogen-bond donors (Lipinski definition) is 0. The summed E-state index contributed by atoms with van der Waals surface area (Å²) in [6, 6.07) is 1.46. The second-order valence-electron chi connectivity index (χ2n) is 3.76. The molecule has 0 aliphatic carbocycles. The highest BCUT2D eigenvalue weighted by Crippen LogP contribution is 2.19. The molecule has 0 saturated carbocycles. The smallest absolute Gasteiger partial charge is 0.343 e. The summed E-state index contributed by atoms with van der Waals surface area (Å²) in [5.41, 5.74) is 0.241. The van der Waals surface area contributed by atoms with Gasteiger partial charge >= 0.3 is 11.8 Å². The molecule has 0 spiro atoms. The van der Waals surface area contributed by atoms with Crippen LogP contribution in [-0.2, 0) is 11.3 Å². The normalized spacial score (nSPS) is 10.4. The van der Waals surface area contributed by atoms with Crippen LogP contribution in [0.25, 0.3) is 0 Å². The maximum atomic E-state index is 11.5. The number of aromatic nitrogens is 2. The molecule has 2 aromatic heterocycles. The van der Waals surface area contributed by atoms with E-state index in [0.717, 1.165) is 6.20 Å². The Kier molecular flexibility index (Phi) is 3.32. The minimum Gasteiger partial charge on any atom is -0.465 e. The summed E-state index contributed by atoms with van der Waals surface area (Å²) < 4.78 is 11.1. The van der Waals surface area contributed by atoms with E-state index in [1.54, 1.807) is 6.92 Å². The first-order valence-electron chi connectivity index (χ1n) is 5.35. The SMILES string of the molecule is COC(=O)c1ccoc1Cn1c([N+](=O)[O-])cnc1C. The summed E-state index contributed by atoms with van der Waals surface area (Å²) in [4.78, 5) is 25.7. The van der Waals surface area contributed by atoms with E-state index >= 15 is 0 Å². The number of nitrogens with zero attached hydrogens (tertiary/aromatic N) is 3. The minimum absolute atomic E-state index is 0.0412. The van der Waals surface area contributed by atoms with Gasteiger partial charge < -0.3 is 19.3 Å². The first-order chi connectivity index (χ1) is 9.04. The topological polar surface area (TPSA) is 100 Å². The van der Waals surface area contributed by atoms with E-state index in [0.29, 0.717) is 5.82 Å². The fraction of sp³-hybridized carbons (Fsp3) is 0.273. The molecule has 8 heteroatoms. The summed E-state index contributed by atoms with van der Waals surface area (Å²) >= 11 is 0. The van der Waals surface area contributed by atoms with Gasteiger partial charge in [-0.1, -0.05) is 0 Å². The number of furan rings is 1. The fourth-order valence-corrected chi connectivity index (χ4v) is 1.70. The standard InChI is InChI=1S/C11H11N3O5/c1-7-12-5-10(14(16)17)13(7)6-9-8(3-4-19-9)11(15)18-2/h3-5H,6H2,1-2H3. The lowest BCUT2D eigenvalue weighted by Crippen LogP contribution is -2.09. The van der Waals surface area contributed by atoms with Gasteiger partial charge in [-0.3, -0.25) is 0 Å². The van der Waals surface area contributed by atoms with Crippen molar-refractivity contribution in [1.29, 1.82) is 0 Å². The lowest BCUT2D eigenvalue weighted by molar-refractivity contribution is -0.392. The first kappa shape index (κ1) is 12.8. The van der Waals surface area contributed by atoms with Crippen molar-refractivity contribution in [3.8, 4) is 0 Å². The van der Waals surface area contributed by atoms with Crippen LogP contribution in [0.15, 0.2) is 22.9 Å². The van der Waals surface area contributed by atoms with Gasteiger partial charge in [-0.25, -0.2) is 14.3 Å². The maximum absolute atomic E-state index is 11.5. The maximum Gasteiger partial charge on any atom is 0.343 e. The van der Waals surface area contributed by atoms with Crippen LogP contribution < -0.4 is 0 Å². The van der Waals surface area contributed by atoms with Gasteiger partial charge in [0.2, 0.25) is 0 Å². The molecule has 0 aliphatic heterocycles. The lowest BCUT2D eigenvalue weighted by Gasteiger charge is -2.02. The van der Waals surface area contributed by atoms with Crippen molar-refractivity contribution in [2.75, 3.05) is 7.11 Å². The highest BCUT2D eigenvalue weighted by Gasteiger charge is 2.23. The van der Waals surface area contributed by atoms with Crippen LogP contribution in [0.3, 0.4) is 0 Å². The zero-order valence-corrected chi connectivity index (χ0v) is 10.3. The molecule has 0 aliphatic rings. The van der Waals surface area contributed by atoms with Crippen molar-refractivity contribution in [2.45, 2.75) is 13.5 Å². The molecule has 0 N–H and O–H groups in total. The molecule has 0 atom stereocenters. The molecule has 0 aromatic carbocycles. The molecule has 2 aromatic rings. The number of methoxy groups -OCH3 is 1. The molecule has 19 heavy (non-hydrogen) atoms.